The Balaban J connectivity index is 2.04. The molecule has 0 aliphatic carbocycles. The number of H-pyrrole nitrogens is 1. The van der Waals surface area contributed by atoms with Gasteiger partial charge in [0.05, 0.1) is 17.4 Å². The van der Waals surface area contributed by atoms with Gasteiger partial charge in [0, 0.05) is 30.4 Å². The predicted molar refractivity (Wildman–Crippen MR) is 66.4 cm³/mol. The summed E-state index contributed by atoms with van der Waals surface area (Å²) in [5.41, 5.74) is 2.29. The highest BCUT2D eigenvalue weighted by molar-refractivity contribution is 5.90. The van der Waals surface area contributed by atoms with E-state index in [4.69, 9.17) is 0 Å². The van der Waals surface area contributed by atoms with Crippen molar-refractivity contribution in [2.45, 2.75) is 6.23 Å². The Morgan fingerprint density at radius 3 is 3.11 bits per heavy atom. The number of nitrogens with one attached hydrogen (secondary N) is 2. The summed E-state index contributed by atoms with van der Waals surface area (Å²) in [5.74, 6) is 0. The monoisotopic (exact) mass is 244 g/mol. The molecule has 1 aliphatic rings. The minimum Gasteiger partial charge on any atom is -0.368 e. The van der Waals surface area contributed by atoms with Crippen molar-refractivity contribution in [1.29, 1.82) is 0 Å². The molecule has 2 amide bonds. The molecule has 3 rings (SSSR count). The first-order valence-corrected chi connectivity index (χ1v) is 5.51. The van der Waals surface area contributed by atoms with Gasteiger partial charge in [-0.15, -0.1) is 0 Å². The fraction of sp³-hybridized carbons (Fsp3) is 0.167. The van der Waals surface area contributed by atoms with Gasteiger partial charge in [0.25, 0.3) is 0 Å². The first-order valence-electron chi connectivity index (χ1n) is 5.51. The van der Waals surface area contributed by atoms with Gasteiger partial charge >= 0.3 is 6.03 Å². The standard InChI is InChI=1S/C12H12N4O2/c1-16-11(17)9(15-12(16)18)4-7-5-14-10-6-13-3-2-8(7)10/h2-6,11,14,17H,1H3,(H,15,18)/b9-4-. The molecule has 1 aliphatic heterocycles. The maximum absolute atomic E-state index is 11.4. The molecule has 3 heterocycles. The zero-order valence-corrected chi connectivity index (χ0v) is 9.71. The Bertz CT molecular complexity index is 646. The number of aliphatic hydroxyl groups excluding tert-OH is 1. The van der Waals surface area contributed by atoms with Gasteiger partial charge in [-0.25, -0.2) is 4.79 Å². The number of nitrogens with zero attached hydrogens (tertiary/aromatic N) is 2. The number of hydrogen-bond acceptors (Lipinski definition) is 3. The van der Waals surface area contributed by atoms with Crippen molar-refractivity contribution in [1.82, 2.24) is 20.2 Å². The first kappa shape index (κ1) is 10.8. The minimum atomic E-state index is -0.927. The summed E-state index contributed by atoms with van der Waals surface area (Å²) in [5, 5.41) is 13.5. The summed E-state index contributed by atoms with van der Waals surface area (Å²) >= 11 is 0. The van der Waals surface area contributed by atoms with E-state index in [-0.39, 0.29) is 6.03 Å². The number of aromatic nitrogens is 2. The number of likely N-dealkylation sites (N-methyl/N-ethyl adjacent to an activating group) is 1. The number of hydrogen-bond donors (Lipinski definition) is 3. The maximum atomic E-state index is 11.4. The number of urea groups is 1. The molecular formula is C12H12N4O2. The van der Waals surface area contributed by atoms with Crippen molar-refractivity contribution in [2.75, 3.05) is 7.05 Å². The molecule has 0 radical (unpaired) electrons. The van der Waals surface area contributed by atoms with Crippen LogP contribution >= 0.6 is 0 Å². The molecule has 1 unspecified atom stereocenters. The second-order valence-electron chi connectivity index (χ2n) is 4.18. The van der Waals surface area contributed by atoms with Crippen LogP contribution in [0.15, 0.2) is 30.4 Å². The van der Waals surface area contributed by atoms with Crippen molar-refractivity contribution < 1.29 is 9.90 Å². The molecule has 6 nitrogen and oxygen atoms in total. The lowest BCUT2D eigenvalue weighted by Gasteiger charge is -2.11. The summed E-state index contributed by atoms with van der Waals surface area (Å²) in [6, 6.07) is 1.57. The summed E-state index contributed by atoms with van der Waals surface area (Å²) < 4.78 is 0. The third kappa shape index (κ3) is 1.54. The molecular weight excluding hydrogens is 232 g/mol. The molecule has 1 saturated heterocycles. The smallest absolute Gasteiger partial charge is 0.323 e. The normalized spacial score (nSPS) is 21.9. The molecule has 0 saturated carbocycles. The maximum Gasteiger partial charge on any atom is 0.323 e. The van der Waals surface area contributed by atoms with Gasteiger partial charge in [0.1, 0.15) is 0 Å². The van der Waals surface area contributed by atoms with Crippen LogP contribution in [-0.2, 0) is 0 Å². The highest BCUT2D eigenvalue weighted by Gasteiger charge is 2.30. The largest absolute Gasteiger partial charge is 0.368 e. The molecule has 1 atom stereocenters. The van der Waals surface area contributed by atoms with Gasteiger partial charge in [0.2, 0.25) is 0 Å². The second-order valence-corrected chi connectivity index (χ2v) is 4.18. The number of rotatable bonds is 1. The molecule has 0 bridgehead atoms. The molecule has 2 aromatic heterocycles. The van der Waals surface area contributed by atoms with Crippen LogP contribution in [0.5, 0.6) is 0 Å². The Labute approximate surface area is 103 Å². The number of fused-ring (bicyclic) bond motifs is 1. The van der Waals surface area contributed by atoms with Gasteiger partial charge in [-0.3, -0.25) is 9.88 Å². The van der Waals surface area contributed by atoms with Crippen LogP contribution in [-0.4, -0.2) is 39.3 Å². The number of pyridine rings is 1. The third-order valence-electron chi connectivity index (χ3n) is 3.04. The highest BCUT2D eigenvalue weighted by atomic mass is 16.3. The van der Waals surface area contributed by atoms with E-state index in [2.05, 4.69) is 15.3 Å². The van der Waals surface area contributed by atoms with E-state index in [1.54, 1.807) is 25.5 Å². The number of carbonyl (C=O) groups is 1. The van der Waals surface area contributed by atoms with Crippen LogP contribution in [0.25, 0.3) is 17.0 Å². The van der Waals surface area contributed by atoms with Crippen LogP contribution < -0.4 is 5.32 Å². The van der Waals surface area contributed by atoms with Gasteiger partial charge in [-0.2, -0.15) is 0 Å². The Morgan fingerprint density at radius 1 is 1.56 bits per heavy atom. The van der Waals surface area contributed by atoms with Crippen molar-refractivity contribution >= 4 is 23.0 Å². The van der Waals surface area contributed by atoms with Gasteiger partial charge in [-0.05, 0) is 12.1 Å². The number of aromatic amines is 1. The Kier molecular flexibility index (Phi) is 2.31. The summed E-state index contributed by atoms with van der Waals surface area (Å²) in [6.45, 7) is 0. The molecule has 18 heavy (non-hydrogen) atoms. The van der Waals surface area contributed by atoms with Crippen LogP contribution in [0.2, 0.25) is 0 Å². The van der Waals surface area contributed by atoms with E-state index in [0.717, 1.165) is 16.5 Å². The van der Waals surface area contributed by atoms with E-state index in [9.17, 15) is 9.90 Å². The molecule has 1 fully saturated rings. The fourth-order valence-electron chi connectivity index (χ4n) is 1.99. The SMILES string of the molecule is CN1C(=O)N/C(=C\c2c[nH]c3cnccc23)C1O. The van der Waals surface area contributed by atoms with Crippen molar-refractivity contribution in [3.8, 4) is 0 Å². The van der Waals surface area contributed by atoms with Crippen LogP contribution in [0, 0.1) is 0 Å². The predicted octanol–water partition coefficient (Wildman–Crippen LogP) is 0.877. The van der Waals surface area contributed by atoms with Crippen molar-refractivity contribution in [2.24, 2.45) is 0 Å². The number of amides is 2. The second kappa shape index (κ2) is 3.85. The van der Waals surface area contributed by atoms with E-state index in [0.29, 0.717) is 5.70 Å². The minimum absolute atomic E-state index is 0.310. The molecule has 0 aromatic carbocycles. The summed E-state index contributed by atoms with van der Waals surface area (Å²) in [4.78, 5) is 19.7. The van der Waals surface area contributed by atoms with Gasteiger partial charge in [-0.1, -0.05) is 0 Å². The highest BCUT2D eigenvalue weighted by Crippen LogP contribution is 2.22. The van der Waals surface area contributed by atoms with Crippen molar-refractivity contribution in [3.63, 3.8) is 0 Å². The van der Waals surface area contributed by atoms with E-state index in [1.807, 2.05) is 12.3 Å². The lowest BCUT2D eigenvalue weighted by Crippen LogP contribution is -2.29. The summed E-state index contributed by atoms with van der Waals surface area (Å²) in [6.07, 6.45) is 6.08. The lowest BCUT2D eigenvalue weighted by molar-refractivity contribution is 0.0989. The molecule has 0 spiro atoms. The average molecular weight is 244 g/mol. The zero-order valence-electron chi connectivity index (χ0n) is 9.71. The topological polar surface area (TPSA) is 81.2 Å². The molecule has 92 valence electrons. The Morgan fingerprint density at radius 2 is 2.39 bits per heavy atom. The molecule has 2 aromatic rings. The first-order chi connectivity index (χ1) is 8.66. The number of aliphatic hydroxyl groups is 1. The molecule has 6 heteroatoms. The average Bonchev–Trinajstić information content (AvgIpc) is 2.89. The van der Waals surface area contributed by atoms with Crippen LogP contribution in [0.1, 0.15) is 5.56 Å². The van der Waals surface area contributed by atoms with Crippen LogP contribution in [0.4, 0.5) is 4.79 Å². The quantitative estimate of drug-likeness (QED) is 0.696. The third-order valence-corrected chi connectivity index (χ3v) is 3.04. The zero-order chi connectivity index (χ0) is 12.7. The van der Waals surface area contributed by atoms with E-state index in [1.165, 1.54) is 4.90 Å². The summed E-state index contributed by atoms with van der Waals surface area (Å²) in [7, 11) is 1.54. The van der Waals surface area contributed by atoms with Crippen molar-refractivity contribution in [3.05, 3.63) is 35.9 Å². The Hall–Kier alpha value is -2.34. The molecule has 3 N–H and O–H groups in total. The van der Waals surface area contributed by atoms with Gasteiger partial charge in [0.15, 0.2) is 6.23 Å². The van der Waals surface area contributed by atoms with E-state index < -0.39 is 6.23 Å². The fourth-order valence-corrected chi connectivity index (χ4v) is 1.99. The van der Waals surface area contributed by atoms with Gasteiger partial charge < -0.3 is 15.4 Å². The van der Waals surface area contributed by atoms with Crippen LogP contribution in [0.3, 0.4) is 0 Å². The lowest BCUT2D eigenvalue weighted by atomic mass is 10.2. The van der Waals surface area contributed by atoms with E-state index >= 15 is 0 Å². The number of carbonyl (C=O) groups excluding carboxylic acids is 1.